The second-order valence-corrected chi connectivity index (χ2v) is 4.64. The Morgan fingerprint density at radius 3 is 2.05 bits per heavy atom. The minimum Gasteiger partial charge on any atom is -0.422 e. The number of fused-ring (bicyclic) bond motifs is 1. The van der Waals surface area contributed by atoms with E-state index in [0.717, 1.165) is 24.3 Å². The number of benzene rings is 2. The van der Waals surface area contributed by atoms with Crippen molar-refractivity contribution < 1.29 is 22.0 Å². The van der Waals surface area contributed by atoms with Crippen molar-refractivity contribution in [1.82, 2.24) is 0 Å². The average Bonchev–Trinajstić information content (AvgIpc) is 2.46. The summed E-state index contributed by atoms with van der Waals surface area (Å²) in [5, 5.41) is -0.397. The van der Waals surface area contributed by atoms with E-state index in [4.69, 9.17) is 4.42 Å². The summed E-state index contributed by atoms with van der Waals surface area (Å²) in [7, 11) is 0. The van der Waals surface area contributed by atoms with Gasteiger partial charge in [0.15, 0.2) is 5.76 Å². The van der Waals surface area contributed by atoms with E-state index in [-0.39, 0.29) is 16.3 Å². The van der Waals surface area contributed by atoms with Gasteiger partial charge in [0.05, 0.1) is 5.39 Å². The van der Waals surface area contributed by atoms with Crippen LogP contribution in [0.3, 0.4) is 0 Å². The van der Waals surface area contributed by atoms with Crippen LogP contribution in [-0.4, -0.2) is 0 Å². The Labute approximate surface area is 121 Å². The molecule has 0 unspecified atom stereocenters. The first-order valence-corrected chi connectivity index (χ1v) is 6.27. The van der Waals surface area contributed by atoms with Crippen LogP contribution < -0.4 is 5.63 Å². The van der Waals surface area contributed by atoms with Crippen molar-refractivity contribution in [3.8, 4) is 11.3 Å². The maximum Gasteiger partial charge on any atom is 0.420 e. The molecule has 3 aromatic rings. The molecule has 0 fully saturated rings. The number of hydrogen-bond acceptors (Lipinski definition) is 2. The molecule has 112 valence electrons. The highest BCUT2D eigenvalue weighted by atomic mass is 19.4. The normalized spacial score (nSPS) is 11.8. The summed E-state index contributed by atoms with van der Waals surface area (Å²) in [6.07, 6.45) is -4.72. The lowest BCUT2D eigenvalue weighted by atomic mass is 10.0. The molecule has 0 saturated carbocycles. The van der Waals surface area contributed by atoms with Crippen molar-refractivity contribution in [1.29, 1.82) is 0 Å². The first-order valence-electron chi connectivity index (χ1n) is 6.27. The molecule has 0 N–H and O–H groups in total. The van der Waals surface area contributed by atoms with Crippen LogP contribution in [0.25, 0.3) is 22.1 Å². The monoisotopic (exact) mass is 308 g/mol. The van der Waals surface area contributed by atoms with Gasteiger partial charge in [0.1, 0.15) is 11.4 Å². The zero-order valence-electron chi connectivity index (χ0n) is 10.9. The zero-order chi connectivity index (χ0) is 15.9. The van der Waals surface area contributed by atoms with Crippen molar-refractivity contribution in [3.05, 3.63) is 70.3 Å². The fraction of sp³-hybridized carbons (Fsp3) is 0.0625. The largest absolute Gasteiger partial charge is 0.422 e. The first kappa shape index (κ1) is 14.3. The van der Waals surface area contributed by atoms with Crippen LogP contribution in [0.5, 0.6) is 0 Å². The summed E-state index contributed by atoms with van der Waals surface area (Å²) < 4.78 is 58.1. The van der Waals surface area contributed by atoms with Crippen LogP contribution in [0.15, 0.2) is 57.7 Å². The van der Waals surface area contributed by atoms with Gasteiger partial charge >= 0.3 is 11.8 Å². The van der Waals surface area contributed by atoms with Crippen LogP contribution in [0.2, 0.25) is 0 Å². The number of halogens is 4. The molecule has 0 saturated heterocycles. The molecule has 3 rings (SSSR count). The third kappa shape index (κ3) is 2.36. The SMILES string of the molecule is O=c1oc(-c2ccc(F)cc2)c(C(F)(F)F)c2ccccc12. The number of hydrogen-bond donors (Lipinski definition) is 0. The second kappa shape index (κ2) is 4.98. The molecule has 0 aliphatic carbocycles. The van der Waals surface area contributed by atoms with E-state index in [1.54, 1.807) is 0 Å². The molecule has 0 amide bonds. The molecule has 2 nitrogen and oxygen atoms in total. The lowest BCUT2D eigenvalue weighted by molar-refractivity contribution is -0.136. The first-order chi connectivity index (χ1) is 10.4. The summed E-state index contributed by atoms with van der Waals surface area (Å²) in [5.41, 5.74) is -1.94. The molecule has 0 radical (unpaired) electrons. The van der Waals surface area contributed by atoms with Gasteiger partial charge in [0, 0.05) is 10.9 Å². The van der Waals surface area contributed by atoms with E-state index in [1.165, 1.54) is 24.3 Å². The summed E-state index contributed by atoms with van der Waals surface area (Å²) in [6.45, 7) is 0. The Balaban J connectivity index is 2.44. The predicted molar refractivity (Wildman–Crippen MR) is 72.9 cm³/mol. The molecule has 1 aromatic heterocycles. The smallest absolute Gasteiger partial charge is 0.420 e. The van der Waals surface area contributed by atoms with Gasteiger partial charge in [-0.3, -0.25) is 0 Å². The molecule has 0 spiro atoms. The average molecular weight is 308 g/mol. The van der Waals surface area contributed by atoms with E-state index >= 15 is 0 Å². The Morgan fingerprint density at radius 1 is 0.864 bits per heavy atom. The van der Waals surface area contributed by atoms with Gasteiger partial charge in [-0.1, -0.05) is 18.2 Å². The Kier molecular flexibility index (Phi) is 3.24. The second-order valence-electron chi connectivity index (χ2n) is 4.64. The highest BCUT2D eigenvalue weighted by Crippen LogP contribution is 2.40. The molecule has 0 aliphatic rings. The highest BCUT2D eigenvalue weighted by molar-refractivity contribution is 5.89. The van der Waals surface area contributed by atoms with E-state index in [9.17, 15) is 22.4 Å². The lowest BCUT2D eigenvalue weighted by Crippen LogP contribution is -2.13. The van der Waals surface area contributed by atoms with Crippen LogP contribution in [-0.2, 0) is 6.18 Å². The number of rotatable bonds is 1. The summed E-state index contributed by atoms with van der Waals surface area (Å²) >= 11 is 0. The zero-order valence-corrected chi connectivity index (χ0v) is 10.9. The Morgan fingerprint density at radius 2 is 1.45 bits per heavy atom. The van der Waals surface area contributed by atoms with Crippen LogP contribution >= 0.6 is 0 Å². The van der Waals surface area contributed by atoms with E-state index in [2.05, 4.69) is 0 Å². The third-order valence-corrected chi connectivity index (χ3v) is 3.23. The van der Waals surface area contributed by atoms with Crippen molar-refractivity contribution in [3.63, 3.8) is 0 Å². The third-order valence-electron chi connectivity index (χ3n) is 3.23. The van der Waals surface area contributed by atoms with Gasteiger partial charge in [-0.25, -0.2) is 9.18 Å². The topological polar surface area (TPSA) is 30.2 Å². The van der Waals surface area contributed by atoms with Crippen LogP contribution in [0.1, 0.15) is 5.56 Å². The maximum atomic E-state index is 13.4. The predicted octanol–water partition coefficient (Wildman–Crippen LogP) is 4.62. The summed E-state index contributed by atoms with van der Waals surface area (Å²) in [6, 6.07) is 9.62. The molecule has 0 atom stereocenters. The van der Waals surface area contributed by atoms with Gasteiger partial charge < -0.3 is 4.42 Å². The van der Waals surface area contributed by atoms with Crippen LogP contribution in [0, 0.1) is 5.82 Å². The fourth-order valence-electron chi connectivity index (χ4n) is 2.29. The van der Waals surface area contributed by atoms with Crippen LogP contribution in [0.4, 0.5) is 17.6 Å². The summed E-state index contributed by atoms with van der Waals surface area (Å²) in [4.78, 5) is 11.9. The number of alkyl halides is 3. The van der Waals surface area contributed by atoms with Gasteiger partial charge in [-0.05, 0) is 30.3 Å². The highest BCUT2D eigenvalue weighted by Gasteiger charge is 2.38. The maximum absolute atomic E-state index is 13.4. The molecule has 6 heteroatoms. The molecule has 0 bridgehead atoms. The minimum atomic E-state index is -4.72. The fourth-order valence-corrected chi connectivity index (χ4v) is 2.29. The van der Waals surface area contributed by atoms with Crippen molar-refractivity contribution >= 4 is 10.8 Å². The van der Waals surface area contributed by atoms with Gasteiger partial charge in [-0.2, -0.15) is 13.2 Å². The molecule has 22 heavy (non-hydrogen) atoms. The van der Waals surface area contributed by atoms with Crippen molar-refractivity contribution in [2.24, 2.45) is 0 Å². The molecule has 1 heterocycles. The summed E-state index contributed by atoms with van der Waals surface area (Å²) in [5.74, 6) is -1.21. The quantitative estimate of drug-likeness (QED) is 0.614. The minimum absolute atomic E-state index is 0.0171. The molecular weight excluding hydrogens is 300 g/mol. The van der Waals surface area contributed by atoms with Gasteiger partial charge in [0.25, 0.3) is 0 Å². The molecule has 2 aromatic carbocycles. The Hall–Kier alpha value is -2.63. The standard InChI is InChI=1S/C16H8F4O2/c17-10-7-5-9(6-8-10)14-13(16(18,19)20)11-3-1-2-4-12(11)15(21)22-14/h1-8H. The Bertz CT molecular complexity index is 893. The molecular formula is C16H8F4O2. The van der Waals surface area contributed by atoms with E-state index in [0.29, 0.717) is 0 Å². The van der Waals surface area contributed by atoms with Crippen molar-refractivity contribution in [2.75, 3.05) is 0 Å². The van der Waals surface area contributed by atoms with Gasteiger partial charge in [0.2, 0.25) is 0 Å². The van der Waals surface area contributed by atoms with Crippen molar-refractivity contribution in [2.45, 2.75) is 6.18 Å². The molecule has 0 aliphatic heterocycles. The van der Waals surface area contributed by atoms with E-state index < -0.39 is 28.9 Å². The van der Waals surface area contributed by atoms with Gasteiger partial charge in [-0.15, -0.1) is 0 Å². The van der Waals surface area contributed by atoms with E-state index in [1.807, 2.05) is 0 Å². The lowest BCUT2D eigenvalue weighted by Gasteiger charge is -2.14.